The monoisotopic (exact) mass is 384 g/mol. The second kappa shape index (κ2) is 8.68. The molecular formula is C21H29FN6. The lowest BCUT2D eigenvalue weighted by Crippen LogP contribution is -2.35. The van der Waals surface area contributed by atoms with Gasteiger partial charge in [-0.05, 0) is 49.7 Å². The molecule has 3 rings (SSSR count). The fraction of sp³-hybridized carbons (Fsp3) is 0.381. The summed E-state index contributed by atoms with van der Waals surface area (Å²) in [6.45, 7) is 5.31. The van der Waals surface area contributed by atoms with Crippen molar-refractivity contribution in [1.29, 1.82) is 0 Å². The molecule has 2 aromatic rings. The van der Waals surface area contributed by atoms with Crippen molar-refractivity contribution in [2.24, 2.45) is 11.5 Å². The average molecular weight is 385 g/mol. The number of likely N-dealkylation sites (tertiary alicyclic amines) is 1. The third-order valence-corrected chi connectivity index (χ3v) is 5.35. The number of hydrogen-bond acceptors (Lipinski definition) is 6. The Kier molecular flexibility index (Phi) is 6.28. The Hall–Kier alpha value is -2.48. The Morgan fingerprint density at radius 1 is 1.29 bits per heavy atom. The van der Waals surface area contributed by atoms with Crippen LogP contribution in [0.15, 0.2) is 48.8 Å². The molecule has 0 saturated carbocycles. The Bertz CT molecular complexity index is 820. The van der Waals surface area contributed by atoms with Crippen LogP contribution in [0, 0.1) is 5.82 Å². The van der Waals surface area contributed by atoms with Crippen molar-refractivity contribution in [2.45, 2.75) is 31.1 Å². The van der Waals surface area contributed by atoms with Gasteiger partial charge in [0.25, 0.3) is 0 Å². The summed E-state index contributed by atoms with van der Waals surface area (Å²) in [7, 11) is 3.92. The number of anilines is 1. The SMILES string of the molecule is C=C(NC(c1ccc(NC)nc1)c1ccc(C(N)N)c(F)c1)C1CCCN1C. The number of likely N-dealkylation sites (N-methyl/N-ethyl adjacent to an activating group) is 1. The van der Waals surface area contributed by atoms with E-state index in [2.05, 4.69) is 34.1 Å². The van der Waals surface area contributed by atoms with Gasteiger partial charge in [-0.3, -0.25) is 4.90 Å². The Morgan fingerprint density at radius 2 is 2.04 bits per heavy atom. The van der Waals surface area contributed by atoms with Gasteiger partial charge in [-0.2, -0.15) is 0 Å². The highest BCUT2D eigenvalue weighted by molar-refractivity contribution is 5.40. The van der Waals surface area contributed by atoms with Crippen LogP contribution >= 0.6 is 0 Å². The van der Waals surface area contributed by atoms with Crippen molar-refractivity contribution in [1.82, 2.24) is 15.2 Å². The Labute approximate surface area is 165 Å². The van der Waals surface area contributed by atoms with Crippen LogP contribution < -0.4 is 22.1 Å². The maximum Gasteiger partial charge on any atom is 0.129 e. The van der Waals surface area contributed by atoms with E-state index in [4.69, 9.17) is 11.5 Å². The number of hydrogen-bond donors (Lipinski definition) is 4. The molecular weight excluding hydrogens is 355 g/mol. The molecule has 1 aromatic carbocycles. The second-order valence-corrected chi connectivity index (χ2v) is 7.27. The van der Waals surface area contributed by atoms with Crippen molar-refractivity contribution in [3.05, 3.63) is 71.3 Å². The second-order valence-electron chi connectivity index (χ2n) is 7.27. The summed E-state index contributed by atoms with van der Waals surface area (Å²) in [5.41, 5.74) is 14.2. The lowest BCUT2D eigenvalue weighted by Gasteiger charge is -2.28. The third kappa shape index (κ3) is 4.32. The van der Waals surface area contributed by atoms with Gasteiger partial charge in [-0.25, -0.2) is 9.37 Å². The van der Waals surface area contributed by atoms with E-state index in [1.54, 1.807) is 12.3 Å². The van der Waals surface area contributed by atoms with Gasteiger partial charge in [-0.1, -0.05) is 24.8 Å². The van der Waals surface area contributed by atoms with Crippen molar-refractivity contribution in [3.63, 3.8) is 0 Å². The first-order chi connectivity index (χ1) is 13.4. The first-order valence-electron chi connectivity index (χ1n) is 9.50. The number of benzene rings is 1. The van der Waals surface area contributed by atoms with Gasteiger partial charge >= 0.3 is 0 Å². The highest BCUT2D eigenvalue weighted by Gasteiger charge is 2.26. The van der Waals surface area contributed by atoms with Gasteiger partial charge < -0.3 is 22.1 Å². The lowest BCUT2D eigenvalue weighted by atomic mass is 9.97. The van der Waals surface area contributed by atoms with Crippen LogP contribution in [0.3, 0.4) is 0 Å². The molecule has 1 aliphatic heterocycles. The lowest BCUT2D eigenvalue weighted by molar-refractivity contribution is 0.331. The Balaban J connectivity index is 1.94. The van der Waals surface area contributed by atoms with E-state index in [-0.39, 0.29) is 12.1 Å². The Morgan fingerprint density at radius 3 is 2.57 bits per heavy atom. The van der Waals surface area contributed by atoms with Gasteiger partial charge in [0.2, 0.25) is 0 Å². The molecule has 0 radical (unpaired) electrons. The highest BCUT2D eigenvalue weighted by Crippen LogP contribution is 2.28. The number of rotatable bonds is 7. The summed E-state index contributed by atoms with van der Waals surface area (Å²) < 4.78 is 14.6. The van der Waals surface area contributed by atoms with Crippen LogP contribution in [-0.4, -0.2) is 36.6 Å². The number of nitrogens with one attached hydrogen (secondary N) is 2. The van der Waals surface area contributed by atoms with Crippen LogP contribution in [0.25, 0.3) is 0 Å². The molecule has 1 aromatic heterocycles. The van der Waals surface area contributed by atoms with Crippen molar-refractivity contribution >= 4 is 5.82 Å². The van der Waals surface area contributed by atoms with Gasteiger partial charge in [0.15, 0.2) is 0 Å². The number of nitrogens with two attached hydrogens (primary N) is 2. The van der Waals surface area contributed by atoms with Crippen molar-refractivity contribution in [2.75, 3.05) is 26.0 Å². The number of nitrogens with zero attached hydrogens (tertiary/aromatic N) is 2. The van der Waals surface area contributed by atoms with Crippen LogP contribution in [0.5, 0.6) is 0 Å². The predicted octanol–water partition coefficient (Wildman–Crippen LogP) is 2.47. The normalized spacial score (nSPS) is 18.3. The molecule has 6 N–H and O–H groups in total. The molecule has 1 fully saturated rings. The fourth-order valence-electron chi connectivity index (χ4n) is 3.71. The molecule has 2 heterocycles. The van der Waals surface area contributed by atoms with Gasteiger partial charge in [0, 0.05) is 30.5 Å². The number of aromatic nitrogens is 1. The van der Waals surface area contributed by atoms with Crippen LogP contribution in [-0.2, 0) is 0 Å². The van der Waals surface area contributed by atoms with E-state index in [0.717, 1.165) is 42.0 Å². The van der Waals surface area contributed by atoms with E-state index >= 15 is 0 Å². The molecule has 7 heteroatoms. The van der Waals surface area contributed by atoms with E-state index in [1.165, 1.54) is 6.07 Å². The highest BCUT2D eigenvalue weighted by atomic mass is 19.1. The number of pyridine rings is 1. The zero-order valence-electron chi connectivity index (χ0n) is 16.5. The van der Waals surface area contributed by atoms with Gasteiger partial charge in [-0.15, -0.1) is 0 Å². The van der Waals surface area contributed by atoms with Crippen molar-refractivity contribution in [3.8, 4) is 0 Å². The minimum Gasteiger partial charge on any atom is -0.377 e. The standard InChI is InChI=1S/C21H29FN6/c1-13(18-5-4-10-28(18)3)27-20(15-7-9-19(25-2)26-12-15)14-6-8-16(21(23)24)17(22)11-14/h6-9,11-12,18,20-21,27H,1,4-5,10,23-24H2,2-3H3,(H,25,26). The summed E-state index contributed by atoms with van der Waals surface area (Å²) in [6.07, 6.45) is 3.14. The van der Waals surface area contributed by atoms with Gasteiger partial charge in [0.05, 0.1) is 12.2 Å². The topological polar surface area (TPSA) is 92.2 Å². The molecule has 2 atom stereocenters. The molecule has 1 aliphatic rings. The van der Waals surface area contributed by atoms with Crippen molar-refractivity contribution < 1.29 is 4.39 Å². The summed E-state index contributed by atoms with van der Waals surface area (Å²) in [5, 5.41) is 6.52. The predicted molar refractivity (Wildman–Crippen MR) is 111 cm³/mol. The zero-order chi connectivity index (χ0) is 20.3. The van der Waals surface area contributed by atoms with Crippen LogP contribution in [0.1, 0.15) is 41.7 Å². The van der Waals surface area contributed by atoms with Crippen LogP contribution in [0.2, 0.25) is 0 Å². The molecule has 0 amide bonds. The first kappa shape index (κ1) is 20.3. The molecule has 1 saturated heterocycles. The first-order valence-corrected chi connectivity index (χ1v) is 9.50. The maximum atomic E-state index is 14.6. The average Bonchev–Trinajstić information content (AvgIpc) is 3.11. The molecule has 0 bridgehead atoms. The minimum atomic E-state index is -0.848. The smallest absolute Gasteiger partial charge is 0.129 e. The summed E-state index contributed by atoms with van der Waals surface area (Å²) in [6, 6.07) is 8.82. The minimum absolute atomic E-state index is 0.258. The molecule has 2 unspecified atom stereocenters. The largest absolute Gasteiger partial charge is 0.377 e. The summed E-state index contributed by atoms with van der Waals surface area (Å²) >= 11 is 0. The zero-order valence-corrected chi connectivity index (χ0v) is 16.5. The summed E-state index contributed by atoms with van der Waals surface area (Å²) in [4.78, 5) is 6.69. The summed E-state index contributed by atoms with van der Waals surface area (Å²) in [5.74, 6) is 0.357. The fourth-order valence-corrected chi connectivity index (χ4v) is 3.71. The molecule has 0 spiro atoms. The molecule has 6 nitrogen and oxygen atoms in total. The molecule has 28 heavy (non-hydrogen) atoms. The van der Waals surface area contributed by atoms with E-state index in [9.17, 15) is 4.39 Å². The van der Waals surface area contributed by atoms with Gasteiger partial charge in [0.1, 0.15) is 11.6 Å². The quantitative estimate of drug-likeness (QED) is 0.548. The van der Waals surface area contributed by atoms with E-state index < -0.39 is 12.0 Å². The van der Waals surface area contributed by atoms with E-state index in [1.807, 2.05) is 25.2 Å². The maximum absolute atomic E-state index is 14.6. The van der Waals surface area contributed by atoms with Crippen LogP contribution in [0.4, 0.5) is 10.2 Å². The van der Waals surface area contributed by atoms with E-state index in [0.29, 0.717) is 5.56 Å². The number of halogens is 1. The third-order valence-electron chi connectivity index (χ3n) is 5.35. The molecule has 150 valence electrons. The molecule has 0 aliphatic carbocycles.